The van der Waals surface area contributed by atoms with E-state index in [1.165, 1.54) is 4.88 Å². The molecule has 2 rings (SSSR count). The summed E-state index contributed by atoms with van der Waals surface area (Å²) in [6.07, 6.45) is 7.80. The van der Waals surface area contributed by atoms with E-state index in [0.717, 1.165) is 38.3 Å². The zero-order valence-corrected chi connectivity index (χ0v) is 13.2. The van der Waals surface area contributed by atoms with Crippen LogP contribution in [0.25, 0.3) is 0 Å². The molecule has 0 bridgehead atoms. The Hall–Kier alpha value is -1.29. The van der Waals surface area contributed by atoms with Crippen molar-refractivity contribution in [3.05, 3.63) is 34.5 Å². The van der Waals surface area contributed by atoms with E-state index in [4.69, 9.17) is 4.99 Å². The van der Waals surface area contributed by atoms with Gasteiger partial charge < -0.3 is 10.6 Å². The van der Waals surface area contributed by atoms with E-state index >= 15 is 0 Å². The highest BCUT2D eigenvalue weighted by molar-refractivity contribution is 7.09. The topological polar surface area (TPSA) is 36.4 Å². The predicted octanol–water partition coefficient (Wildman–Crippen LogP) is 3.20. The van der Waals surface area contributed by atoms with Crippen LogP contribution in [-0.2, 0) is 6.42 Å². The van der Waals surface area contributed by atoms with Gasteiger partial charge in [0, 0.05) is 24.0 Å². The first-order valence-corrected chi connectivity index (χ1v) is 8.38. The molecule has 1 unspecified atom stereocenters. The summed E-state index contributed by atoms with van der Waals surface area (Å²) in [6.45, 7) is 6.15. The van der Waals surface area contributed by atoms with Crippen LogP contribution >= 0.6 is 11.3 Å². The van der Waals surface area contributed by atoms with Crippen molar-refractivity contribution in [1.29, 1.82) is 0 Å². The number of guanidine groups is 1. The molecule has 0 aliphatic heterocycles. The summed E-state index contributed by atoms with van der Waals surface area (Å²) in [4.78, 5) is 6.18. The van der Waals surface area contributed by atoms with E-state index in [1.807, 2.05) is 11.3 Å². The predicted molar refractivity (Wildman–Crippen MR) is 88.5 cm³/mol. The van der Waals surface area contributed by atoms with Gasteiger partial charge in [-0.1, -0.05) is 25.1 Å². The van der Waals surface area contributed by atoms with Gasteiger partial charge in [-0.05, 0) is 43.6 Å². The van der Waals surface area contributed by atoms with E-state index in [1.54, 1.807) is 0 Å². The number of hydrogen-bond acceptors (Lipinski definition) is 2. The number of nitrogens with one attached hydrogen (secondary N) is 2. The van der Waals surface area contributed by atoms with Gasteiger partial charge in [-0.2, -0.15) is 0 Å². The minimum absolute atomic E-state index is 0.514. The van der Waals surface area contributed by atoms with Crippen molar-refractivity contribution in [2.45, 2.75) is 39.2 Å². The Balaban J connectivity index is 1.81. The lowest BCUT2D eigenvalue weighted by Gasteiger charge is -2.17. The van der Waals surface area contributed by atoms with Crippen LogP contribution in [0.2, 0.25) is 0 Å². The third-order valence-corrected chi connectivity index (χ3v) is 4.28. The van der Waals surface area contributed by atoms with Gasteiger partial charge in [-0.3, -0.25) is 4.99 Å². The minimum Gasteiger partial charge on any atom is -0.357 e. The van der Waals surface area contributed by atoms with Crippen LogP contribution < -0.4 is 10.6 Å². The molecule has 1 aliphatic rings. The van der Waals surface area contributed by atoms with Crippen molar-refractivity contribution in [3.63, 3.8) is 0 Å². The summed E-state index contributed by atoms with van der Waals surface area (Å²) in [5.41, 5.74) is 0. The molecular formula is C16H25N3S. The summed E-state index contributed by atoms with van der Waals surface area (Å²) in [6, 6.07) is 4.84. The second-order valence-corrected chi connectivity index (χ2v) is 6.42. The largest absolute Gasteiger partial charge is 0.357 e. The quantitative estimate of drug-likeness (QED) is 0.480. The third kappa shape index (κ3) is 5.00. The van der Waals surface area contributed by atoms with Gasteiger partial charge in [0.2, 0.25) is 0 Å². The summed E-state index contributed by atoms with van der Waals surface area (Å²) >= 11 is 1.83. The minimum atomic E-state index is 0.514. The lowest BCUT2D eigenvalue weighted by Crippen LogP contribution is -2.42. The summed E-state index contributed by atoms with van der Waals surface area (Å²) < 4.78 is 0. The number of rotatable bonds is 6. The van der Waals surface area contributed by atoms with Crippen molar-refractivity contribution < 1.29 is 0 Å². The first kappa shape index (κ1) is 15.1. The molecule has 0 saturated heterocycles. The van der Waals surface area contributed by atoms with Crippen molar-refractivity contribution in [2.75, 3.05) is 13.1 Å². The molecule has 0 radical (unpaired) electrons. The van der Waals surface area contributed by atoms with Crippen LogP contribution in [0.5, 0.6) is 0 Å². The average molecular weight is 291 g/mol. The van der Waals surface area contributed by atoms with Gasteiger partial charge in [0.25, 0.3) is 0 Å². The highest BCUT2D eigenvalue weighted by Crippen LogP contribution is 2.14. The number of hydrogen-bond donors (Lipinski definition) is 2. The highest BCUT2D eigenvalue weighted by atomic mass is 32.1. The standard InChI is InChI=1S/C16H25N3S/c1-3-17-16(19-14-7-4-5-8-14)18-12-13(2)11-15-9-6-10-20-15/h4-6,9-10,13-14H,3,7-8,11-12H2,1-2H3,(H2,17,18,19). The first-order chi connectivity index (χ1) is 9.78. The molecule has 1 aromatic rings. The van der Waals surface area contributed by atoms with Crippen LogP contribution in [0.3, 0.4) is 0 Å². The second kappa shape index (κ2) is 8.10. The first-order valence-electron chi connectivity index (χ1n) is 7.50. The Morgan fingerprint density at radius 3 is 2.90 bits per heavy atom. The summed E-state index contributed by atoms with van der Waals surface area (Å²) in [7, 11) is 0. The van der Waals surface area contributed by atoms with Crippen LogP contribution in [0.1, 0.15) is 31.6 Å². The zero-order chi connectivity index (χ0) is 14.2. The van der Waals surface area contributed by atoms with Crippen LogP contribution in [-0.4, -0.2) is 25.1 Å². The summed E-state index contributed by atoms with van der Waals surface area (Å²) in [5, 5.41) is 8.99. The van der Waals surface area contributed by atoms with E-state index in [2.05, 4.69) is 54.1 Å². The van der Waals surface area contributed by atoms with Crippen molar-refractivity contribution >= 4 is 17.3 Å². The maximum Gasteiger partial charge on any atom is 0.191 e. The third-order valence-electron chi connectivity index (χ3n) is 3.38. The molecule has 3 nitrogen and oxygen atoms in total. The number of thiophene rings is 1. The fraction of sp³-hybridized carbons (Fsp3) is 0.562. The van der Waals surface area contributed by atoms with E-state index in [-0.39, 0.29) is 0 Å². The Bertz CT molecular complexity index is 429. The van der Waals surface area contributed by atoms with Crippen LogP contribution in [0, 0.1) is 5.92 Å². The van der Waals surface area contributed by atoms with Crippen LogP contribution in [0.15, 0.2) is 34.7 Å². The molecule has 0 spiro atoms. The molecule has 2 N–H and O–H groups in total. The molecule has 0 amide bonds. The fourth-order valence-electron chi connectivity index (χ4n) is 2.33. The lowest BCUT2D eigenvalue weighted by atomic mass is 10.1. The smallest absolute Gasteiger partial charge is 0.191 e. The molecule has 20 heavy (non-hydrogen) atoms. The van der Waals surface area contributed by atoms with Gasteiger partial charge in [-0.25, -0.2) is 0 Å². The van der Waals surface area contributed by atoms with E-state index < -0.39 is 0 Å². The normalized spacial score (nSPS) is 17.4. The molecular weight excluding hydrogens is 266 g/mol. The number of nitrogens with zero attached hydrogens (tertiary/aromatic N) is 1. The van der Waals surface area contributed by atoms with Gasteiger partial charge >= 0.3 is 0 Å². The van der Waals surface area contributed by atoms with E-state index in [0.29, 0.717) is 12.0 Å². The fourth-order valence-corrected chi connectivity index (χ4v) is 3.20. The van der Waals surface area contributed by atoms with Crippen LogP contribution in [0.4, 0.5) is 0 Å². The molecule has 0 saturated carbocycles. The van der Waals surface area contributed by atoms with E-state index in [9.17, 15) is 0 Å². The van der Waals surface area contributed by atoms with Gasteiger partial charge in [-0.15, -0.1) is 11.3 Å². The Morgan fingerprint density at radius 1 is 1.45 bits per heavy atom. The molecule has 4 heteroatoms. The number of aliphatic imine (C=N–C) groups is 1. The molecule has 110 valence electrons. The van der Waals surface area contributed by atoms with Gasteiger partial charge in [0.1, 0.15) is 0 Å². The maximum absolute atomic E-state index is 4.73. The van der Waals surface area contributed by atoms with Gasteiger partial charge in [0.05, 0.1) is 0 Å². The molecule has 0 aromatic carbocycles. The van der Waals surface area contributed by atoms with Crippen molar-refractivity contribution in [2.24, 2.45) is 10.9 Å². The summed E-state index contributed by atoms with van der Waals surface area (Å²) in [5.74, 6) is 1.53. The molecule has 1 heterocycles. The molecule has 1 atom stereocenters. The Kier molecular flexibility index (Phi) is 6.12. The molecule has 1 aromatic heterocycles. The lowest BCUT2D eigenvalue weighted by molar-refractivity contribution is 0.585. The monoisotopic (exact) mass is 291 g/mol. The molecule has 0 fully saturated rings. The SMILES string of the molecule is CCNC(=NCC(C)Cc1cccs1)NC1CC=CC1. The van der Waals surface area contributed by atoms with Crippen molar-refractivity contribution in [3.8, 4) is 0 Å². The average Bonchev–Trinajstić information content (AvgIpc) is 3.09. The Labute approximate surface area is 126 Å². The second-order valence-electron chi connectivity index (χ2n) is 5.39. The Morgan fingerprint density at radius 2 is 2.25 bits per heavy atom. The highest BCUT2D eigenvalue weighted by Gasteiger charge is 2.12. The van der Waals surface area contributed by atoms with Gasteiger partial charge in [0.15, 0.2) is 5.96 Å². The zero-order valence-electron chi connectivity index (χ0n) is 12.4. The van der Waals surface area contributed by atoms with Crippen molar-refractivity contribution in [1.82, 2.24) is 10.6 Å². The maximum atomic E-state index is 4.73. The molecule has 1 aliphatic carbocycles.